The molecule has 96 valence electrons. The van der Waals surface area contributed by atoms with Crippen LogP contribution in [0.1, 0.15) is 49.4 Å². The number of hydrogen-bond acceptors (Lipinski definition) is 3. The van der Waals surface area contributed by atoms with Gasteiger partial charge in [0.15, 0.2) is 5.78 Å². The molecule has 1 fully saturated rings. The van der Waals surface area contributed by atoms with E-state index in [0.29, 0.717) is 23.7 Å². The topological polar surface area (TPSA) is 46.5 Å². The molecule has 1 heterocycles. The van der Waals surface area contributed by atoms with Crippen LogP contribution in [0, 0.1) is 5.92 Å². The number of hydrogen-bond donors (Lipinski definition) is 1. The summed E-state index contributed by atoms with van der Waals surface area (Å²) < 4.78 is 6.10. The van der Waals surface area contributed by atoms with E-state index in [4.69, 9.17) is 4.74 Å². The van der Waals surface area contributed by atoms with Gasteiger partial charge in [-0.05, 0) is 37.3 Å². The fraction of sp³-hybridized carbons (Fsp3) is 0.533. The first-order chi connectivity index (χ1) is 8.58. The molecule has 0 saturated heterocycles. The Hall–Kier alpha value is -1.51. The van der Waals surface area contributed by atoms with E-state index in [9.17, 15) is 9.90 Å². The smallest absolute Gasteiger partial charge is 0.170 e. The largest absolute Gasteiger partial charge is 0.508 e. The normalized spacial score (nSPS) is 30.9. The molecule has 0 amide bonds. The number of aromatic hydroxyl groups is 1. The Labute approximate surface area is 107 Å². The molecule has 1 aromatic carbocycles. The highest BCUT2D eigenvalue weighted by molar-refractivity contribution is 6.00. The number of fused-ring (bicyclic) bond motifs is 1. The fourth-order valence-electron chi connectivity index (χ4n) is 3.35. The van der Waals surface area contributed by atoms with E-state index < -0.39 is 0 Å². The average molecular weight is 246 g/mol. The second-order valence-corrected chi connectivity index (χ2v) is 5.77. The summed E-state index contributed by atoms with van der Waals surface area (Å²) in [6.45, 7) is 2.22. The summed E-state index contributed by atoms with van der Waals surface area (Å²) in [6, 6.07) is 4.76. The molecular weight excluding hydrogens is 228 g/mol. The van der Waals surface area contributed by atoms with Crippen LogP contribution in [-0.2, 0) is 0 Å². The molecule has 0 aromatic heterocycles. The van der Waals surface area contributed by atoms with Crippen LogP contribution < -0.4 is 4.74 Å². The molecule has 3 nitrogen and oxygen atoms in total. The lowest BCUT2D eigenvalue weighted by atomic mass is 9.74. The van der Waals surface area contributed by atoms with Crippen LogP contribution in [0.25, 0.3) is 0 Å². The third kappa shape index (κ3) is 1.88. The van der Waals surface area contributed by atoms with E-state index in [1.165, 1.54) is 6.42 Å². The number of carbonyl (C=O) groups excluding carboxylic acids is 1. The maximum atomic E-state index is 12.2. The maximum Gasteiger partial charge on any atom is 0.170 e. The van der Waals surface area contributed by atoms with Gasteiger partial charge in [0, 0.05) is 6.07 Å². The number of ether oxygens (including phenoxy) is 1. The van der Waals surface area contributed by atoms with E-state index in [1.54, 1.807) is 18.2 Å². The zero-order valence-electron chi connectivity index (χ0n) is 10.6. The Morgan fingerprint density at radius 1 is 1.44 bits per heavy atom. The number of carbonyl (C=O) groups is 1. The Morgan fingerprint density at radius 3 is 3.06 bits per heavy atom. The Bertz CT molecular complexity index is 495. The van der Waals surface area contributed by atoms with Gasteiger partial charge in [-0.3, -0.25) is 4.79 Å². The first-order valence-corrected chi connectivity index (χ1v) is 6.63. The molecule has 3 rings (SSSR count). The molecule has 1 aromatic rings. The standard InChI is InChI=1S/C15H18O3/c1-10-3-2-6-15(8-10)9-13(17)12-5-4-11(16)7-14(12)18-15/h4-5,7,10,16H,2-3,6,8-9H2,1H3/t10-,15+/m0/s1. The van der Waals surface area contributed by atoms with Gasteiger partial charge in [0.2, 0.25) is 0 Å². The van der Waals surface area contributed by atoms with E-state index >= 15 is 0 Å². The maximum absolute atomic E-state index is 12.2. The molecule has 1 aliphatic heterocycles. The third-order valence-electron chi connectivity index (χ3n) is 4.12. The zero-order chi connectivity index (χ0) is 12.8. The highest BCUT2D eigenvalue weighted by atomic mass is 16.5. The molecule has 2 aliphatic rings. The number of Topliss-reactive ketones (excluding diaryl/α,β-unsaturated/α-hetero) is 1. The minimum atomic E-state index is -0.324. The molecule has 0 unspecified atom stereocenters. The predicted octanol–water partition coefficient (Wildman–Crippen LogP) is 3.31. The van der Waals surface area contributed by atoms with Crippen molar-refractivity contribution in [3.63, 3.8) is 0 Å². The molecular formula is C15H18O3. The first kappa shape index (κ1) is 11.6. The summed E-state index contributed by atoms with van der Waals surface area (Å²) >= 11 is 0. The van der Waals surface area contributed by atoms with Crippen LogP contribution in [0.2, 0.25) is 0 Å². The second kappa shape index (κ2) is 4.01. The van der Waals surface area contributed by atoms with Crippen molar-refractivity contribution in [3.05, 3.63) is 23.8 Å². The molecule has 1 aliphatic carbocycles. The molecule has 0 radical (unpaired) electrons. The minimum absolute atomic E-state index is 0.144. The first-order valence-electron chi connectivity index (χ1n) is 6.63. The van der Waals surface area contributed by atoms with Crippen molar-refractivity contribution in [2.75, 3.05) is 0 Å². The van der Waals surface area contributed by atoms with Crippen molar-refractivity contribution in [2.45, 2.75) is 44.6 Å². The molecule has 18 heavy (non-hydrogen) atoms. The van der Waals surface area contributed by atoms with Crippen molar-refractivity contribution < 1.29 is 14.6 Å². The zero-order valence-corrected chi connectivity index (χ0v) is 10.6. The number of ketones is 1. The summed E-state index contributed by atoms with van der Waals surface area (Å²) in [6.07, 6.45) is 4.69. The van der Waals surface area contributed by atoms with Gasteiger partial charge in [0.25, 0.3) is 0 Å². The lowest BCUT2D eigenvalue weighted by molar-refractivity contribution is -0.000930. The summed E-state index contributed by atoms with van der Waals surface area (Å²) in [5.41, 5.74) is 0.284. The van der Waals surface area contributed by atoms with E-state index in [1.807, 2.05) is 0 Å². The van der Waals surface area contributed by atoms with Gasteiger partial charge in [-0.1, -0.05) is 13.3 Å². The van der Waals surface area contributed by atoms with Crippen LogP contribution in [0.5, 0.6) is 11.5 Å². The number of rotatable bonds is 0. The molecule has 3 heteroatoms. The van der Waals surface area contributed by atoms with Crippen LogP contribution >= 0.6 is 0 Å². The lowest BCUT2D eigenvalue weighted by Gasteiger charge is -2.42. The predicted molar refractivity (Wildman–Crippen MR) is 68.0 cm³/mol. The summed E-state index contributed by atoms with van der Waals surface area (Å²) in [5.74, 6) is 1.46. The van der Waals surface area contributed by atoms with Crippen molar-refractivity contribution in [1.82, 2.24) is 0 Å². The molecule has 1 N–H and O–H groups in total. The number of phenolic OH excluding ortho intramolecular Hbond substituents is 1. The summed E-state index contributed by atoms with van der Waals surface area (Å²) in [4.78, 5) is 12.2. The lowest BCUT2D eigenvalue weighted by Crippen LogP contribution is -2.45. The SMILES string of the molecule is C[C@H]1CCC[C@]2(CC(=O)c3ccc(O)cc3O2)C1. The van der Waals surface area contributed by atoms with Gasteiger partial charge >= 0.3 is 0 Å². The Kier molecular flexibility index (Phi) is 2.58. The van der Waals surface area contributed by atoms with Crippen LogP contribution in [0.15, 0.2) is 18.2 Å². The highest BCUT2D eigenvalue weighted by Gasteiger charge is 2.43. The Balaban J connectivity index is 1.97. The van der Waals surface area contributed by atoms with Gasteiger partial charge in [-0.2, -0.15) is 0 Å². The van der Waals surface area contributed by atoms with Crippen LogP contribution in [0.4, 0.5) is 0 Å². The molecule has 1 spiro atoms. The molecule has 2 atom stereocenters. The van der Waals surface area contributed by atoms with Gasteiger partial charge < -0.3 is 9.84 Å². The fourth-order valence-corrected chi connectivity index (χ4v) is 3.35. The molecule has 0 bridgehead atoms. The highest BCUT2D eigenvalue weighted by Crippen LogP contribution is 2.44. The van der Waals surface area contributed by atoms with Gasteiger partial charge in [0.1, 0.15) is 17.1 Å². The number of phenols is 1. The average Bonchev–Trinajstić information content (AvgIpc) is 2.27. The number of benzene rings is 1. The van der Waals surface area contributed by atoms with Crippen molar-refractivity contribution in [2.24, 2.45) is 5.92 Å². The van der Waals surface area contributed by atoms with Gasteiger partial charge in [0.05, 0.1) is 12.0 Å². The van der Waals surface area contributed by atoms with Crippen molar-refractivity contribution in [3.8, 4) is 11.5 Å². The van der Waals surface area contributed by atoms with Crippen molar-refractivity contribution in [1.29, 1.82) is 0 Å². The minimum Gasteiger partial charge on any atom is -0.508 e. The van der Waals surface area contributed by atoms with Crippen LogP contribution in [-0.4, -0.2) is 16.5 Å². The second-order valence-electron chi connectivity index (χ2n) is 5.77. The Morgan fingerprint density at radius 2 is 2.28 bits per heavy atom. The van der Waals surface area contributed by atoms with Gasteiger partial charge in [-0.25, -0.2) is 0 Å². The van der Waals surface area contributed by atoms with E-state index in [-0.39, 0.29) is 17.1 Å². The third-order valence-corrected chi connectivity index (χ3v) is 4.12. The quantitative estimate of drug-likeness (QED) is 0.764. The monoisotopic (exact) mass is 246 g/mol. The van der Waals surface area contributed by atoms with Crippen molar-refractivity contribution >= 4 is 5.78 Å². The summed E-state index contributed by atoms with van der Waals surface area (Å²) in [7, 11) is 0. The van der Waals surface area contributed by atoms with Crippen LogP contribution in [0.3, 0.4) is 0 Å². The molecule has 1 saturated carbocycles. The van der Waals surface area contributed by atoms with Gasteiger partial charge in [-0.15, -0.1) is 0 Å². The van der Waals surface area contributed by atoms with E-state index in [2.05, 4.69) is 6.92 Å². The summed E-state index contributed by atoms with van der Waals surface area (Å²) in [5, 5.41) is 9.52. The van der Waals surface area contributed by atoms with E-state index in [0.717, 1.165) is 19.3 Å².